The largest absolute Gasteiger partial charge is 0.453 e. The van der Waals surface area contributed by atoms with Gasteiger partial charge in [0.15, 0.2) is 12.4 Å². The van der Waals surface area contributed by atoms with Crippen molar-refractivity contribution in [2.75, 3.05) is 32.7 Å². The molecule has 6 rings (SSSR count). The summed E-state index contributed by atoms with van der Waals surface area (Å²) in [7, 11) is 0. The number of nitrogens with one attached hydrogen (secondary N) is 1. The monoisotopic (exact) mass is 655 g/mol. The Bertz CT molecular complexity index is 1510. The number of amides is 1. The standard InChI is InChI=1S/C39H49N3O6/c1-27(46-28(2)44)38(45)40-23-30-7-5-8-34(21-30)31-14-16-33(17-15-31)39-47-36(22-37(48-39)32-12-10-29(26-43)11-13-32)25-42-20-6-9-35(42)24-41-18-3-4-19-41/h5,7-8,10-17,21,27,35-37,39,43H,3-4,6,9,18-20,22-26H2,1-2H3,(H,40,45)/t27-,35-,36-,37+,39+/m0/s1. The van der Waals surface area contributed by atoms with Crippen LogP contribution in [0, 0.1) is 0 Å². The molecule has 0 spiro atoms. The summed E-state index contributed by atoms with van der Waals surface area (Å²) < 4.78 is 18.3. The van der Waals surface area contributed by atoms with Crippen LogP contribution in [0.3, 0.4) is 0 Å². The molecule has 9 nitrogen and oxygen atoms in total. The van der Waals surface area contributed by atoms with Gasteiger partial charge in [0.2, 0.25) is 0 Å². The number of hydrogen-bond donors (Lipinski definition) is 2. The second-order valence-electron chi connectivity index (χ2n) is 13.4. The Morgan fingerprint density at radius 3 is 2.38 bits per heavy atom. The predicted molar refractivity (Wildman–Crippen MR) is 184 cm³/mol. The van der Waals surface area contributed by atoms with E-state index in [0.717, 1.165) is 59.4 Å². The van der Waals surface area contributed by atoms with Crippen molar-refractivity contribution in [3.63, 3.8) is 0 Å². The highest BCUT2D eigenvalue weighted by Crippen LogP contribution is 2.39. The molecule has 0 aliphatic carbocycles. The second-order valence-corrected chi connectivity index (χ2v) is 13.4. The fourth-order valence-corrected chi connectivity index (χ4v) is 7.23. The molecule has 0 aromatic heterocycles. The van der Waals surface area contributed by atoms with Gasteiger partial charge in [0, 0.05) is 44.6 Å². The molecule has 3 aliphatic heterocycles. The number of carbonyl (C=O) groups excluding carboxylic acids is 2. The van der Waals surface area contributed by atoms with Gasteiger partial charge in [-0.3, -0.25) is 14.5 Å². The van der Waals surface area contributed by atoms with Crippen LogP contribution < -0.4 is 5.32 Å². The van der Waals surface area contributed by atoms with Gasteiger partial charge in [-0.25, -0.2) is 0 Å². The van der Waals surface area contributed by atoms with Crippen LogP contribution in [0.5, 0.6) is 0 Å². The SMILES string of the molecule is CC(=O)O[C@@H](C)C(=O)NCc1cccc(-c2ccc([C@@H]3O[C@H](CN4CCC[C@H]4CN4CCCC4)C[C@H](c4ccc(CO)cc4)O3)cc2)c1. The summed E-state index contributed by atoms with van der Waals surface area (Å²) in [6, 6.07) is 25.0. The first-order valence-corrected chi connectivity index (χ1v) is 17.5. The maximum absolute atomic E-state index is 12.3. The van der Waals surface area contributed by atoms with Gasteiger partial charge < -0.3 is 29.5 Å². The number of hydrogen-bond acceptors (Lipinski definition) is 8. The first kappa shape index (κ1) is 34.3. The maximum atomic E-state index is 12.3. The first-order valence-electron chi connectivity index (χ1n) is 17.5. The van der Waals surface area contributed by atoms with Crippen molar-refractivity contribution >= 4 is 11.9 Å². The van der Waals surface area contributed by atoms with Crippen LogP contribution in [0.4, 0.5) is 0 Å². The van der Waals surface area contributed by atoms with E-state index < -0.39 is 18.4 Å². The molecular formula is C39H49N3O6. The third-order valence-electron chi connectivity index (χ3n) is 9.84. The van der Waals surface area contributed by atoms with E-state index >= 15 is 0 Å². The van der Waals surface area contributed by atoms with Crippen LogP contribution in [0.2, 0.25) is 0 Å². The lowest BCUT2D eigenvalue weighted by atomic mass is 9.98. The van der Waals surface area contributed by atoms with Crippen molar-refractivity contribution in [3.05, 3.63) is 95.1 Å². The number of aliphatic hydroxyl groups excluding tert-OH is 1. The second kappa shape index (κ2) is 16.2. The molecule has 0 unspecified atom stereocenters. The topological polar surface area (TPSA) is 101 Å². The maximum Gasteiger partial charge on any atom is 0.303 e. The van der Waals surface area contributed by atoms with Crippen molar-refractivity contribution in [1.29, 1.82) is 0 Å². The van der Waals surface area contributed by atoms with E-state index in [-0.39, 0.29) is 24.7 Å². The number of esters is 1. The third kappa shape index (κ3) is 8.89. The highest BCUT2D eigenvalue weighted by molar-refractivity contribution is 5.82. The number of carbonyl (C=O) groups is 2. The molecular weight excluding hydrogens is 606 g/mol. The van der Waals surface area contributed by atoms with Crippen LogP contribution in [-0.2, 0) is 37.0 Å². The highest BCUT2D eigenvalue weighted by atomic mass is 16.7. The zero-order chi connectivity index (χ0) is 33.5. The van der Waals surface area contributed by atoms with Crippen molar-refractivity contribution in [3.8, 4) is 11.1 Å². The Morgan fingerprint density at radius 2 is 1.65 bits per heavy atom. The first-order chi connectivity index (χ1) is 23.3. The molecule has 3 aliphatic rings. The van der Waals surface area contributed by atoms with Gasteiger partial charge in [0.25, 0.3) is 5.91 Å². The van der Waals surface area contributed by atoms with E-state index in [0.29, 0.717) is 12.6 Å². The quantitative estimate of drug-likeness (QED) is 0.246. The van der Waals surface area contributed by atoms with E-state index in [1.807, 2.05) is 30.3 Å². The highest BCUT2D eigenvalue weighted by Gasteiger charge is 2.36. The van der Waals surface area contributed by atoms with Crippen LogP contribution in [0.25, 0.3) is 11.1 Å². The summed E-state index contributed by atoms with van der Waals surface area (Å²) in [4.78, 5) is 28.8. The molecule has 0 bridgehead atoms. The van der Waals surface area contributed by atoms with E-state index in [4.69, 9.17) is 14.2 Å². The molecule has 0 saturated carbocycles. The molecule has 48 heavy (non-hydrogen) atoms. The molecule has 3 heterocycles. The Kier molecular flexibility index (Phi) is 11.6. The molecule has 9 heteroatoms. The number of rotatable bonds is 12. The Hall–Kier alpha value is -3.60. The van der Waals surface area contributed by atoms with Crippen molar-refractivity contribution in [1.82, 2.24) is 15.1 Å². The van der Waals surface area contributed by atoms with E-state index in [2.05, 4.69) is 57.6 Å². The Morgan fingerprint density at radius 1 is 0.896 bits per heavy atom. The average Bonchev–Trinajstić information content (AvgIpc) is 3.79. The zero-order valence-electron chi connectivity index (χ0n) is 28.2. The van der Waals surface area contributed by atoms with Gasteiger partial charge in [-0.05, 0) is 86.1 Å². The minimum atomic E-state index is -0.840. The predicted octanol–water partition coefficient (Wildman–Crippen LogP) is 5.52. The van der Waals surface area contributed by atoms with Gasteiger partial charge in [-0.1, -0.05) is 66.7 Å². The number of benzene rings is 3. The normalized spacial score (nSPS) is 24.0. The number of ether oxygens (including phenoxy) is 3. The molecule has 0 radical (unpaired) electrons. The van der Waals surface area contributed by atoms with E-state index in [1.165, 1.54) is 45.7 Å². The summed E-state index contributed by atoms with van der Waals surface area (Å²) in [5.41, 5.74) is 5.98. The lowest BCUT2D eigenvalue weighted by Crippen LogP contribution is -2.45. The van der Waals surface area contributed by atoms with Crippen molar-refractivity contribution in [2.24, 2.45) is 0 Å². The average molecular weight is 656 g/mol. The zero-order valence-corrected chi connectivity index (χ0v) is 28.2. The lowest BCUT2D eigenvalue weighted by molar-refractivity contribution is -0.253. The fourth-order valence-electron chi connectivity index (χ4n) is 7.23. The van der Waals surface area contributed by atoms with Gasteiger partial charge in [0.05, 0.1) is 18.8 Å². The summed E-state index contributed by atoms with van der Waals surface area (Å²) in [6.45, 7) is 8.81. The number of nitrogens with zero attached hydrogens (tertiary/aromatic N) is 2. The molecule has 5 atom stereocenters. The van der Waals surface area contributed by atoms with E-state index in [9.17, 15) is 14.7 Å². The van der Waals surface area contributed by atoms with Gasteiger partial charge >= 0.3 is 5.97 Å². The number of likely N-dealkylation sites (tertiary alicyclic amines) is 2. The molecule has 3 aromatic carbocycles. The molecule has 3 saturated heterocycles. The molecule has 2 N–H and O–H groups in total. The van der Waals surface area contributed by atoms with Crippen LogP contribution in [0.1, 0.15) is 80.6 Å². The smallest absolute Gasteiger partial charge is 0.303 e. The molecule has 3 aromatic rings. The molecule has 256 valence electrons. The summed E-state index contributed by atoms with van der Waals surface area (Å²) in [5, 5.41) is 12.4. The van der Waals surface area contributed by atoms with Gasteiger partial charge in [-0.2, -0.15) is 0 Å². The third-order valence-corrected chi connectivity index (χ3v) is 9.84. The van der Waals surface area contributed by atoms with E-state index in [1.54, 1.807) is 6.92 Å². The van der Waals surface area contributed by atoms with Crippen molar-refractivity contribution in [2.45, 2.75) is 89.7 Å². The summed E-state index contributed by atoms with van der Waals surface area (Å²) in [6.07, 6.45) is 4.47. The summed E-state index contributed by atoms with van der Waals surface area (Å²) in [5.74, 6) is -0.816. The Labute approximate surface area is 284 Å². The van der Waals surface area contributed by atoms with Crippen LogP contribution in [-0.4, -0.2) is 77.8 Å². The molecule has 1 amide bonds. The lowest BCUT2D eigenvalue weighted by Gasteiger charge is -2.39. The fraction of sp³-hybridized carbons (Fsp3) is 0.487. The minimum absolute atomic E-state index is 0.0205. The van der Waals surface area contributed by atoms with Gasteiger partial charge in [-0.15, -0.1) is 0 Å². The van der Waals surface area contributed by atoms with Crippen LogP contribution >= 0.6 is 0 Å². The van der Waals surface area contributed by atoms with Crippen molar-refractivity contribution < 1.29 is 28.9 Å². The molecule has 3 fully saturated rings. The van der Waals surface area contributed by atoms with Gasteiger partial charge in [0.1, 0.15) is 0 Å². The number of aliphatic hydroxyl groups is 1. The van der Waals surface area contributed by atoms with Crippen LogP contribution in [0.15, 0.2) is 72.8 Å². The minimum Gasteiger partial charge on any atom is -0.453 e. The summed E-state index contributed by atoms with van der Waals surface area (Å²) >= 11 is 0. The Balaban J connectivity index is 1.14.